The average molecular weight is 497 g/mol. The number of methoxy groups -OCH3 is 2. The summed E-state index contributed by atoms with van der Waals surface area (Å²) in [6.07, 6.45) is 1.71. The number of benzene rings is 1. The van der Waals surface area contributed by atoms with Crippen molar-refractivity contribution in [2.24, 2.45) is 0 Å². The molecule has 0 spiro atoms. The highest BCUT2D eigenvalue weighted by Gasteiger charge is 2.28. The molecule has 11 heteroatoms. The Labute approximate surface area is 201 Å². The van der Waals surface area contributed by atoms with Crippen LogP contribution in [0.3, 0.4) is 0 Å². The van der Waals surface area contributed by atoms with Crippen LogP contribution in [0.5, 0.6) is 5.75 Å². The zero-order valence-electron chi connectivity index (χ0n) is 20.2. The topological polar surface area (TPSA) is 105 Å². The van der Waals surface area contributed by atoms with Gasteiger partial charge in [-0.1, -0.05) is 19.4 Å². The zero-order chi connectivity index (χ0) is 26.0. The summed E-state index contributed by atoms with van der Waals surface area (Å²) in [7, 11) is 2.79. The first-order valence-corrected chi connectivity index (χ1v) is 11.1. The van der Waals surface area contributed by atoms with E-state index < -0.39 is 35.2 Å². The predicted octanol–water partition coefficient (Wildman–Crippen LogP) is 3.03. The Morgan fingerprint density at radius 1 is 1.14 bits per heavy atom. The molecule has 9 nitrogen and oxygen atoms in total. The number of nitrogens with one attached hydrogen (secondary N) is 1. The van der Waals surface area contributed by atoms with Crippen molar-refractivity contribution in [3.05, 3.63) is 63.1 Å². The SMILES string of the molecule is CCCCOc1c(C(=O)OCC)n(CC(OC)OC)cc(C(=O)NCc2ccc(F)cc2F)c1=O. The standard InChI is InChI=1S/C24H30F2N2O7/c1-5-7-10-35-22-20(24(31)34-6-2)28(14-19(32-3)33-4)13-17(21(22)29)23(30)27-12-15-8-9-16(25)11-18(15)26/h8-9,11,13,19H,5-7,10,12,14H2,1-4H3,(H,27,30). The van der Waals surface area contributed by atoms with Gasteiger partial charge in [-0.05, 0) is 19.4 Å². The molecule has 2 aromatic rings. The number of pyridine rings is 1. The first-order valence-electron chi connectivity index (χ1n) is 11.1. The first kappa shape index (κ1) is 27.9. The quantitative estimate of drug-likeness (QED) is 0.258. The molecule has 0 aliphatic heterocycles. The van der Waals surface area contributed by atoms with E-state index in [1.54, 1.807) is 6.92 Å². The van der Waals surface area contributed by atoms with Crippen molar-refractivity contribution in [3.63, 3.8) is 0 Å². The Hall–Kier alpha value is -3.31. The van der Waals surface area contributed by atoms with E-state index in [2.05, 4.69) is 5.32 Å². The molecule has 192 valence electrons. The van der Waals surface area contributed by atoms with Crippen molar-refractivity contribution in [2.45, 2.75) is 46.1 Å². The molecule has 1 aromatic heterocycles. The highest BCUT2D eigenvalue weighted by Crippen LogP contribution is 2.19. The maximum absolute atomic E-state index is 14.0. The van der Waals surface area contributed by atoms with Gasteiger partial charge in [0.25, 0.3) is 5.91 Å². The highest BCUT2D eigenvalue weighted by molar-refractivity contribution is 5.96. The zero-order valence-corrected chi connectivity index (χ0v) is 20.2. The fraction of sp³-hybridized carbons (Fsp3) is 0.458. The summed E-state index contributed by atoms with van der Waals surface area (Å²) in [5.74, 6) is -3.60. The fourth-order valence-electron chi connectivity index (χ4n) is 3.15. The van der Waals surface area contributed by atoms with Crippen LogP contribution in [-0.4, -0.2) is 50.2 Å². The van der Waals surface area contributed by atoms with Crippen LogP contribution >= 0.6 is 0 Å². The maximum Gasteiger partial charge on any atom is 0.359 e. The minimum absolute atomic E-state index is 0.0291. The van der Waals surface area contributed by atoms with Crippen molar-refractivity contribution in [1.29, 1.82) is 0 Å². The Kier molecular flexibility index (Phi) is 10.8. The van der Waals surface area contributed by atoms with Gasteiger partial charge in [0.15, 0.2) is 17.7 Å². The molecule has 1 N–H and O–H groups in total. The lowest BCUT2D eigenvalue weighted by Gasteiger charge is -2.21. The number of ether oxygens (including phenoxy) is 4. The number of aromatic nitrogens is 1. The first-order chi connectivity index (χ1) is 16.8. The molecular weight excluding hydrogens is 466 g/mol. The van der Waals surface area contributed by atoms with E-state index in [9.17, 15) is 23.2 Å². The monoisotopic (exact) mass is 496 g/mol. The molecule has 35 heavy (non-hydrogen) atoms. The fourth-order valence-corrected chi connectivity index (χ4v) is 3.15. The molecule has 1 aromatic carbocycles. The van der Waals surface area contributed by atoms with E-state index in [0.717, 1.165) is 12.5 Å². The summed E-state index contributed by atoms with van der Waals surface area (Å²) >= 11 is 0. The van der Waals surface area contributed by atoms with E-state index >= 15 is 0 Å². The third kappa shape index (κ3) is 7.33. The minimum atomic E-state index is -0.841. The normalized spacial score (nSPS) is 10.9. The summed E-state index contributed by atoms with van der Waals surface area (Å²) in [5.41, 5.74) is -1.34. The molecule has 0 atom stereocenters. The van der Waals surface area contributed by atoms with Gasteiger partial charge in [0, 0.05) is 38.6 Å². The smallest absolute Gasteiger partial charge is 0.359 e. The number of carbonyl (C=O) groups is 2. The van der Waals surface area contributed by atoms with Gasteiger partial charge in [0.05, 0.1) is 19.8 Å². The molecule has 0 unspecified atom stereocenters. The van der Waals surface area contributed by atoms with Crippen LogP contribution in [0.25, 0.3) is 0 Å². The summed E-state index contributed by atoms with van der Waals surface area (Å²) in [4.78, 5) is 38.9. The molecule has 0 radical (unpaired) electrons. The summed E-state index contributed by atoms with van der Waals surface area (Å²) < 4.78 is 49.6. The van der Waals surface area contributed by atoms with Gasteiger partial charge in [0.2, 0.25) is 5.43 Å². The molecule has 0 aliphatic carbocycles. The predicted molar refractivity (Wildman–Crippen MR) is 122 cm³/mol. The third-order valence-electron chi connectivity index (χ3n) is 5.02. The molecule has 0 fully saturated rings. The van der Waals surface area contributed by atoms with Crippen molar-refractivity contribution in [1.82, 2.24) is 9.88 Å². The number of unbranched alkanes of at least 4 members (excludes halogenated alkanes) is 1. The maximum atomic E-state index is 14.0. The van der Waals surface area contributed by atoms with Crippen molar-refractivity contribution < 1.29 is 37.3 Å². The number of esters is 1. The molecule has 2 rings (SSSR count). The summed E-state index contributed by atoms with van der Waals surface area (Å²) in [5, 5.41) is 2.44. The van der Waals surface area contributed by atoms with Gasteiger partial charge in [-0.25, -0.2) is 13.6 Å². The van der Waals surface area contributed by atoms with E-state index in [4.69, 9.17) is 18.9 Å². The van der Waals surface area contributed by atoms with Crippen LogP contribution in [0.4, 0.5) is 8.78 Å². The van der Waals surface area contributed by atoms with E-state index in [0.29, 0.717) is 12.5 Å². The van der Waals surface area contributed by atoms with Gasteiger partial charge >= 0.3 is 5.97 Å². The lowest BCUT2D eigenvalue weighted by molar-refractivity contribution is -0.111. The Bertz CT molecular complexity index is 1080. The Morgan fingerprint density at radius 3 is 2.46 bits per heavy atom. The summed E-state index contributed by atoms with van der Waals surface area (Å²) in [6.45, 7) is 3.34. The Morgan fingerprint density at radius 2 is 1.86 bits per heavy atom. The van der Waals surface area contributed by atoms with Gasteiger partial charge in [-0.3, -0.25) is 9.59 Å². The molecule has 0 bridgehead atoms. The van der Waals surface area contributed by atoms with Gasteiger partial charge in [-0.2, -0.15) is 0 Å². The number of hydrogen-bond donors (Lipinski definition) is 1. The summed E-state index contributed by atoms with van der Waals surface area (Å²) in [6, 6.07) is 2.94. The van der Waals surface area contributed by atoms with Crippen LogP contribution in [-0.2, 0) is 27.3 Å². The third-order valence-corrected chi connectivity index (χ3v) is 5.02. The molecule has 1 heterocycles. The number of nitrogens with zero attached hydrogens (tertiary/aromatic N) is 1. The van der Waals surface area contributed by atoms with Crippen molar-refractivity contribution in [2.75, 3.05) is 27.4 Å². The van der Waals surface area contributed by atoms with Crippen LogP contribution in [0.1, 0.15) is 53.1 Å². The van der Waals surface area contributed by atoms with Gasteiger partial charge in [-0.15, -0.1) is 0 Å². The molecule has 1 amide bonds. The van der Waals surface area contributed by atoms with Gasteiger partial charge in [0.1, 0.15) is 17.2 Å². The lowest BCUT2D eigenvalue weighted by Crippen LogP contribution is -2.34. The molecule has 0 saturated heterocycles. The number of halogens is 2. The van der Waals surface area contributed by atoms with Gasteiger partial charge < -0.3 is 28.8 Å². The number of carbonyl (C=O) groups excluding carboxylic acids is 2. The Balaban J connectivity index is 2.53. The van der Waals surface area contributed by atoms with E-state index in [1.807, 2.05) is 6.92 Å². The largest absolute Gasteiger partial charge is 0.487 e. The van der Waals surface area contributed by atoms with Crippen molar-refractivity contribution in [3.8, 4) is 5.75 Å². The number of rotatable bonds is 13. The lowest BCUT2D eigenvalue weighted by atomic mass is 10.1. The number of amides is 1. The van der Waals surface area contributed by atoms with Crippen LogP contribution in [0.15, 0.2) is 29.2 Å². The van der Waals surface area contributed by atoms with E-state index in [1.165, 1.54) is 31.0 Å². The molecule has 0 saturated carbocycles. The van der Waals surface area contributed by atoms with Crippen LogP contribution in [0.2, 0.25) is 0 Å². The highest BCUT2D eigenvalue weighted by atomic mass is 19.1. The average Bonchev–Trinajstić information content (AvgIpc) is 2.83. The van der Waals surface area contributed by atoms with E-state index in [-0.39, 0.29) is 48.9 Å². The van der Waals surface area contributed by atoms with Crippen LogP contribution in [0, 0.1) is 11.6 Å². The van der Waals surface area contributed by atoms with Crippen LogP contribution < -0.4 is 15.5 Å². The molecular formula is C24H30F2N2O7. The number of hydrogen-bond acceptors (Lipinski definition) is 7. The second kappa shape index (κ2) is 13.5. The second-order valence-electron chi connectivity index (χ2n) is 7.44. The van der Waals surface area contributed by atoms with Crippen molar-refractivity contribution >= 4 is 11.9 Å². The molecule has 0 aliphatic rings. The second-order valence-corrected chi connectivity index (χ2v) is 7.44. The minimum Gasteiger partial charge on any atom is -0.487 e.